The lowest BCUT2D eigenvalue weighted by atomic mass is 9.99. The highest BCUT2D eigenvalue weighted by Gasteiger charge is 2.17. The van der Waals surface area contributed by atoms with Crippen LogP contribution in [-0.2, 0) is 0 Å². The van der Waals surface area contributed by atoms with Gasteiger partial charge >= 0.3 is 0 Å². The smallest absolute Gasteiger partial charge is 0.163 e. The molecule has 0 amide bonds. The van der Waals surface area contributed by atoms with Crippen LogP contribution < -0.4 is 0 Å². The predicted molar refractivity (Wildman–Crippen MR) is 186 cm³/mol. The molecule has 1 unspecified atom stereocenters. The van der Waals surface area contributed by atoms with Gasteiger partial charge in [-0.25, -0.2) is 15.0 Å². The van der Waals surface area contributed by atoms with E-state index in [2.05, 4.69) is 128 Å². The molecule has 0 fully saturated rings. The molecule has 5 aromatic carbocycles. The Hall–Kier alpha value is -5.61. The van der Waals surface area contributed by atoms with Crippen molar-refractivity contribution in [3.63, 3.8) is 0 Å². The first-order chi connectivity index (χ1) is 22.1. The quantitative estimate of drug-likeness (QED) is 0.203. The Morgan fingerprint density at radius 2 is 1.11 bits per heavy atom. The van der Waals surface area contributed by atoms with Gasteiger partial charge in [0.15, 0.2) is 11.6 Å². The van der Waals surface area contributed by atoms with Gasteiger partial charge in [0.25, 0.3) is 0 Å². The van der Waals surface area contributed by atoms with Crippen LogP contribution in [0.3, 0.4) is 0 Å². The molecule has 7 aromatic rings. The van der Waals surface area contributed by atoms with Gasteiger partial charge in [-0.05, 0) is 67.8 Å². The Morgan fingerprint density at radius 1 is 0.556 bits per heavy atom. The fraction of sp³-hybridized carbons (Fsp3) is 0.0976. The van der Waals surface area contributed by atoms with E-state index < -0.39 is 0 Å². The maximum atomic E-state index is 4.95. The first-order valence-electron chi connectivity index (χ1n) is 15.5. The summed E-state index contributed by atoms with van der Waals surface area (Å²) in [5, 5.41) is 2.59. The monoisotopic (exact) mass is 580 g/mol. The van der Waals surface area contributed by atoms with E-state index in [0.29, 0.717) is 11.6 Å². The summed E-state index contributed by atoms with van der Waals surface area (Å²) in [5.74, 6) is 2.34. The lowest BCUT2D eigenvalue weighted by molar-refractivity contribution is 0.764. The number of aryl methyl sites for hydroxylation is 2. The second-order valence-electron chi connectivity index (χ2n) is 11.9. The zero-order valence-electron chi connectivity index (χ0n) is 25.4. The van der Waals surface area contributed by atoms with Gasteiger partial charge in [0.05, 0.1) is 11.0 Å². The SMILES string of the molecule is Cc1ccc2c(c1)c1cc(C)ccc1n2-c1ccc(-c2ccc(-c3nc(-c4ccccc4)nc(C4C=CC=CC4)n3)cc2)cc1. The minimum atomic E-state index is 0.139. The topological polar surface area (TPSA) is 43.6 Å². The summed E-state index contributed by atoms with van der Waals surface area (Å²) in [7, 11) is 0. The lowest BCUT2D eigenvalue weighted by Crippen LogP contribution is -2.07. The predicted octanol–water partition coefficient (Wildman–Crippen LogP) is 10.2. The molecule has 1 aliphatic rings. The third-order valence-corrected chi connectivity index (χ3v) is 8.67. The highest BCUT2D eigenvalue weighted by atomic mass is 15.0. The van der Waals surface area contributed by atoms with Crippen LogP contribution in [0.1, 0.15) is 29.3 Å². The molecule has 0 spiro atoms. The van der Waals surface area contributed by atoms with Gasteiger partial charge in [0.1, 0.15) is 5.82 Å². The molecule has 0 saturated heterocycles. The molecule has 0 saturated carbocycles. The molecule has 2 aromatic heterocycles. The molecule has 0 aliphatic heterocycles. The van der Waals surface area contributed by atoms with E-state index in [9.17, 15) is 0 Å². The maximum Gasteiger partial charge on any atom is 0.163 e. The molecule has 8 rings (SSSR count). The fourth-order valence-corrected chi connectivity index (χ4v) is 6.32. The largest absolute Gasteiger partial charge is 0.309 e. The van der Waals surface area contributed by atoms with Crippen molar-refractivity contribution in [2.24, 2.45) is 0 Å². The van der Waals surface area contributed by atoms with Crippen molar-refractivity contribution in [2.75, 3.05) is 0 Å². The van der Waals surface area contributed by atoms with Crippen molar-refractivity contribution in [1.82, 2.24) is 19.5 Å². The average molecular weight is 581 g/mol. The number of aromatic nitrogens is 4. The Labute approximate surface area is 263 Å². The fourth-order valence-electron chi connectivity index (χ4n) is 6.32. The van der Waals surface area contributed by atoms with Gasteiger partial charge in [-0.3, -0.25) is 0 Å². The van der Waals surface area contributed by atoms with E-state index >= 15 is 0 Å². The minimum absolute atomic E-state index is 0.139. The van der Waals surface area contributed by atoms with Gasteiger partial charge in [0.2, 0.25) is 0 Å². The van der Waals surface area contributed by atoms with Crippen molar-refractivity contribution in [1.29, 1.82) is 0 Å². The Bertz CT molecular complexity index is 2180. The number of benzene rings is 5. The molecule has 2 heterocycles. The summed E-state index contributed by atoms with van der Waals surface area (Å²) in [5.41, 5.74) is 10.4. The van der Waals surface area contributed by atoms with Crippen LogP contribution in [0.15, 0.2) is 140 Å². The lowest BCUT2D eigenvalue weighted by Gasteiger charge is -2.14. The second-order valence-corrected chi connectivity index (χ2v) is 11.9. The highest BCUT2D eigenvalue weighted by molar-refractivity contribution is 6.09. The van der Waals surface area contributed by atoms with E-state index in [1.807, 2.05) is 30.3 Å². The Kier molecular flexibility index (Phi) is 6.68. The van der Waals surface area contributed by atoms with Crippen molar-refractivity contribution in [2.45, 2.75) is 26.2 Å². The summed E-state index contributed by atoms with van der Waals surface area (Å²) in [4.78, 5) is 14.7. The van der Waals surface area contributed by atoms with Gasteiger partial charge < -0.3 is 4.57 Å². The molecule has 0 bridgehead atoms. The normalized spacial score (nSPS) is 14.4. The minimum Gasteiger partial charge on any atom is -0.309 e. The molecule has 1 atom stereocenters. The van der Waals surface area contributed by atoms with Gasteiger partial charge in [-0.1, -0.05) is 114 Å². The maximum absolute atomic E-state index is 4.95. The van der Waals surface area contributed by atoms with E-state index in [1.54, 1.807) is 0 Å². The summed E-state index contributed by atoms with van der Waals surface area (Å²) >= 11 is 0. The number of nitrogens with zero attached hydrogens (tertiary/aromatic N) is 4. The summed E-state index contributed by atoms with van der Waals surface area (Å²) in [6.45, 7) is 4.32. The van der Waals surface area contributed by atoms with Gasteiger partial charge in [-0.15, -0.1) is 0 Å². The van der Waals surface area contributed by atoms with E-state index in [1.165, 1.54) is 32.9 Å². The number of allylic oxidation sites excluding steroid dienone is 4. The van der Waals surface area contributed by atoms with E-state index in [0.717, 1.165) is 40.2 Å². The van der Waals surface area contributed by atoms with Crippen molar-refractivity contribution >= 4 is 21.8 Å². The average Bonchev–Trinajstić information content (AvgIpc) is 3.41. The molecule has 4 heteroatoms. The Balaban J connectivity index is 1.14. The molecule has 45 heavy (non-hydrogen) atoms. The molecular weight excluding hydrogens is 548 g/mol. The first kappa shape index (κ1) is 27.0. The molecule has 0 N–H and O–H groups in total. The number of fused-ring (bicyclic) bond motifs is 3. The van der Waals surface area contributed by atoms with Crippen molar-refractivity contribution < 1.29 is 0 Å². The van der Waals surface area contributed by atoms with Crippen molar-refractivity contribution in [3.05, 3.63) is 157 Å². The standard InChI is InChI=1S/C41H32N4/c1-27-13-23-37-35(25-27)36-26-28(2)14-24-38(36)45(37)34-21-19-30(20-22-34)29-15-17-33(18-16-29)41-43-39(31-9-5-3-6-10-31)42-40(44-41)32-11-7-4-8-12-32/h3-11,13-26,32H,12H2,1-2H3. The van der Waals surface area contributed by atoms with Gasteiger partial charge in [-0.2, -0.15) is 0 Å². The molecule has 0 radical (unpaired) electrons. The molecule has 4 nitrogen and oxygen atoms in total. The van der Waals surface area contributed by atoms with Crippen LogP contribution in [-0.4, -0.2) is 19.5 Å². The third kappa shape index (κ3) is 5.04. The highest BCUT2D eigenvalue weighted by Crippen LogP contribution is 2.34. The van der Waals surface area contributed by atoms with Crippen LogP contribution >= 0.6 is 0 Å². The summed E-state index contributed by atoms with van der Waals surface area (Å²) < 4.78 is 2.37. The molecule has 1 aliphatic carbocycles. The number of rotatable bonds is 5. The Morgan fingerprint density at radius 3 is 1.69 bits per heavy atom. The number of hydrogen-bond donors (Lipinski definition) is 0. The van der Waals surface area contributed by atoms with E-state index in [-0.39, 0.29) is 5.92 Å². The molecule has 216 valence electrons. The van der Waals surface area contributed by atoms with Crippen LogP contribution in [0, 0.1) is 13.8 Å². The van der Waals surface area contributed by atoms with E-state index in [4.69, 9.17) is 15.0 Å². The zero-order chi connectivity index (χ0) is 30.3. The molecular formula is C41H32N4. The summed E-state index contributed by atoms with van der Waals surface area (Å²) in [6.07, 6.45) is 9.37. The van der Waals surface area contributed by atoms with Crippen LogP contribution in [0.5, 0.6) is 0 Å². The third-order valence-electron chi connectivity index (χ3n) is 8.67. The number of hydrogen-bond acceptors (Lipinski definition) is 3. The van der Waals surface area contributed by atoms with Crippen LogP contribution in [0.2, 0.25) is 0 Å². The second kappa shape index (κ2) is 11.1. The first-order valence-corrected chi connectivity index (χ1v) is 15.5. The zero-order valence-corrected chi connectivity index (χ0v) is 25.4. The summed E-state index contributed by atoms with van der Waals surface area (Å²) in [6, 6.07) is 41.0. The van der Waals surface area contributed by atoms with Gasteiger partial charge in [0, 0.05) is 33.5 Å². The van der Waals surface area contributed by atoms with Crippen LogP contribution in [0.25, 0.3) is 61.4 Å². The van der Waals surface area contributed by atoms with Crippen molar-refractivity contribution in [3.8, 4) is 39.6 Å². The van der Waals surface area contributed by atoms with Crippen LogP contribution in [0.4, 0.5) is 0 Å².